The zero-order valence-electron chi connectivity index (χ0n) is 18.9. The Balaban J connectivity index is 1.43. The molecule has 4 heterocycles. The minimum absolute atomic E-state index is 0.105. The number of pyridine rings is 2. The van der Waals surface area contributed by atoms with E-state index in [1.807, 2.05) is 25.2 Å². The molecule has 0 bridgehead atoms. The molecule has 1 aliphatic rings. The van der Waals surface area contributed by atoms with Crippen molar-refractivity contribution in [3.63, 3.8) is 0 Å². The molecule has 0 fully saturated rings. The van der Waals surface area contributed by atoms with Crippen LogP contribution in [0.2, 0.25) is 10.0 Å². The van der Waals surface area contributed by atoms with E-state index >= 15 is 0 Å². The fourth-order valence-electron chi connectivity index (χ4n) is 4.54. The van der Waals surface area contributed by atoms with Gasteiger partial charge in [-0.2, -0.15) is 0 Å². The monoisotopic (exact) mass is 512 g/mol. The zero-order chi connectivity index (χ0) is 24.7. The lowest BCUT2D eigenvalue weighted by Crippen LogP contribution is -2.28. The van der Waals surface area contributed by atoms with Crippen molar-refractivity contribution in [3.8, 4) is 11.4 Å². The van der Waals surface area contributed by atoms with Gasteiger partial charge >= 0.3 is 6.09 Å². The largest absolute Gasteiger partial charge is 0.487 e. The standard InChI is InChI=1S/C25H22Cl2N4O4/c1-29-22-3-2-7-30(25(33)34)13-19(22)18-5-4-16(10-23(18)29)31-8-6-17(11-24(31)32)35-14-21-20(27)9-15(26)12-28-21/h4-6,8-12H,2-3,7,13-14H2,1H3,(H,33,34). The summed E-state index contributed by atoms with van der Waals surface area (Å²) >= 11 is 12.0. The number of hydrogen-bond acceptors (Lipinski definition) is 4. The van der Waals surface area contributed by atoms with Gasteiger partial charge in [0.15, 0.2) is 0 Å². The van der Waals surface area contributed by atoms with Gasteiger partial charge in [-0.3, -0.25) is 14.3 Å². The molecule has 0 radical (unpaired) electrons. The molecule has 10 heteroatoms. The number of rotatable bonds is 4. The number of carboxylic acid groups (broad SMARTS) is 1. The Bertz CT molecular complexity index is 1510. The van der Waals surface area contributed by atoms with Gasteiger partial charge < -0.3 is 19.3 Å². The van der Waals surface area contributed by atoms with Crippen LogP contribution in [0.3, 0.4) is 0 Å². The quantitative estimate of drug-likeness (QED) is 0.413. The molecule has 0 atom stereocenters. The Morgan fingerprint density at radius 3 is 2.77 bits per heavy atom. The zero-order valence-corrected chi connectivity index (χ0v) is 20.4. The van der Waals surface area contributed by atoms with E-state index < -0.39 is 6.09 Å². The normalized spacial score (nSPS) is 13.5. The first-order chi connectivity index (χ1) is 16.8. The lowest BCUT2D eigenvalue weighted by atomic mass is 10.1. The van der Waals surface area contributed by atoms with Crippen LogP contribution in [0.15, 0.2) is 53.6 Å². The summed E-state index contributed by atoms with van der Waals surface area (Å²) in [5, 5.41) is 11.3. The predicted octanol–water partition coefficient (Wildman–Crippen LogP) is 5.04. The van der Waals surface area contributed by atoms with Crippen molar-refractivity contribution in [2.24, 2.45) is 7.05 Å². The highest BCUT2D eigenvalue weighted by molar-refractivity contribution is 6.34. The van der Waals surface area contributed by atoms with E-state index in [1.165, 1.54) is 17.2 Å². The Kier molecular flexibility index (Phi) is 6.17. The van der Waals surface area contributed by atoms with Gasteiger partial charge in [0.1, 0.15) is 12.4 Å². The van der Waals surface area contributed by atoms with Crippen molar-refractivity contribution in [3.05, 3.63) is 86.1 Å². The van der Waals surface area contributed by atoms with Crippen molar-refractivity contribution < 1.29 is 14.6 Å². The maximum atomic E-state index is 12.9. The fraction of sp³-hybridized carbons (Fsp3) is 0.240. The first-order valence-electron chi connectivity index (χ1n) is 11.1. The maximum absolute atomic E-state index is 12.9. The number of ether oxygens (including phenoxy) is 1. The van der Waals surface area contributed by atoms with Crippen molar-refractivity contribution in [2.45, 2.75) is 26.0 Å². The molecule has 35 heavy (non-hydrogen) atoms. The Hall–Kier alpha value is -3.49. The van der Waals surface area contributed by atoms with E-state index in [9.17, 15) is 14.7 Å². The minimum Gasteiger partial charge on any atom is -0.487 e. The summed E-state index contributed by atoms with van der Waals surface area (Å²) in [6, 6.07) is 10.5. The molecular formula is C25H22Cl2N4O4. The van der Waals surface area contributed by atoms with Crippen molar-refractivity contribution in [2.75, 3.05) is 6.54 Å². The van der Waals surface area contributed by atoms with Gasteiger partial charge in [-0.25, -0.2) is 4.79 Å². The number of benzene rings is 1. The molecule has 4 aromatic rings. The average Bonchev–Trinajstić information content (AvgIpc) is 2.97. The average molecular weight is 513 g/mol. The highest BCUT2D eigenvalue weighted by atomic mass is 35.5. The molecule has 1 aliphatic heterocycles. The number of amides is 1. The van der Waals surface area contributed by atoms with E-state index in [-0.39, 0.29) is 12.2 Å². The predicted molar refractivity (Wildman–Crippen MR) is 134 cm³/mol. The van der Waals surface area contributed by atoms with Crippen LogP contribution >= 0.6 is 23.2 Å². The van der Waals surface area contributed by atoms with Gasteiger partial charge in [-0.1, -0.05) is 29.3 Å². The van der Waals surface area contributed by atoms with Crippen LogP contribution in [0.5, 0.6) is 5.75 Å². The summed E-state index contributed by atoms with van der Waals surface area (Å²) in [6.07, 6.45) is 3.82. The van der Waals surface area contributed by atoms with E-state index in [2.05, 4.69) is 9.55 Å². The highest BCUT2D eigenvalue weighted by Crippen LogP contribution is 2.31. The van der Waals surface area contributed by atoms with Crippen LogP contribution in [-0.2, 0) is 26.6 Å². The smallest absolute Gasteiger partial charge is 0.407 e. The molecule has 0 aliphatic carbocycles. The number of hydrogen-bond donors (Lipinski definition) is 1. The lowest BCUT2D eigenvalue weighted by molar-refractivity contribution is 0.143. The highest BCUT2D eigenvalue weighted by Gasteiger charge is 2.23. The summed E-state index contributed by atoms with van der Waals surface area (Å²) in [6.45, 7) is 0.987. The number of fused-ring (bicyclic) bond motifs is 3. The van der Waals surface area contributed by atoms with Gasteiger partial charge in [-0.15, -0.1) is 0 Å². The first-order valence-corrected chi connectivity index (χ1v) is 11.8. The fourth-order valence-corrected chi connectivity index (χ4v) is 4.97. The van der Waals surface area contributed by atoms with Crippen LogP contribution in [0.25, 0.3) is 16.6 Å². The topological polar surface area (TPSA) is 89.6 Å². The summed E-state index contributed by atoms with van der Waals surface area (Å²) in [7, 11) is 1.98. The van der Waals surface area contributed by atoms with Gasteiger partial charge in [0.2, 0.25) is 0 Å². The molecule has 8 nitrogen and oxygen atoms in total. The third-order valence-corrected chi connectivity index (χ3v) is 6.84. The summed E-state index contributed by atoms with van der Waals surface area (Å²) < 4.78 is 9.36. The van der Waals surface area contributed by atoms with Gasteiger partial charge in [0.05, 0.1) is 33.5 Å². The van der Waals surface area contributed by atoms with Crippen LogP contribution in [0, 0.1) is 0 Å². The summed E-state index contributed by atoms with van der Waals surface area (Å²) in [4.78, 5) is 30.1. The Morgan fingerprint density at radius 2 is 2.03 bits per heavy atom. The Labute approximate surface area is 210 Å². The molecule has 180 valence electrons. The number of nitrogens with zero attached hydrogens (tertiary/aromatic N) is 4. The second kappa shape index (κ2) is 9.28. The van der Waals surface area contributed by atoms with E-state index in [1.54, 1.807) is 22.9 Å². The number of aryl methyl sites for hydroxylation is 1. The van der Waals surface area contributed by atoms with Crippen LogP contribution in [0.4, 0.5) is 4.79 Å². The first kappa shape index (κ1) is 23.3. The molecule has 3 aromatic heterocycles. The number of halogens is 2. The number of aromatic nitrogens is 3. The molecule has 0 saturated heterocycles. The van der Waals surface area contributed by atoms with Crippen molar-refractivity contribution in [1.82, 2.24) is 19.0 Å². The third-order valence-electron chi connectivity index (χ3n) is 6.31. The molecule has 0 spiro atoms. The van der Waals surface area contributed by atoms with Crippen LogP contribution in [-0.4, -0.2) is 36.8 Å². The molecule has 1 N–H and O–H groups in total. The lowest BCUT2D eigenvalue weighted by Gasteiger charge is -2.16. The molecule has 1 amide bonds. The molecular weight excluding hydrogens is 491 g/mol. The number of carbonyl (C=O) groups is 1. The molecule has 0 saturated carbocycles. The molecule has 0 unspecified atom stereocenters. The Morgan fingerprint density at radius 1 is 1.20 bits per heavy atom. The second-order valence-corrected chi connectivity index (χ2v) is 9.28. The van der Waals surface area contributed by atoms with Crippen LogP contribution in [0.1, 0.15) is 23.4 Å². The van der Waals surface area contributed by atoms with E-state index in [0.29, 0.717) is 40.3 Å². The minimum atomic E-state index is -0.908. The van der Waals surface area contributed by atoms with Crippen LogP contribution < -0.4 is 10.3 Å². The maximum Gasteiger partial charge on any atom is 0.407 e. The molecule has 5 rings (SSSR count). The van der Waals surface area contributed by atoms with E-state index in [0.717, 1.165) is 35.0 Å². The third kappa shape index (κ3) is 4.47. The SMILES string of the molecule is Cn1c2c(c3ccc(-n4ccc(OCc5ncc(Cl)cc5Cl)cc4=O)cc31)CN(C(=O)O)CCC2. The van der Waals surface area contributed by atoms with Crippen molar-refractivity contribution >= 4 is 40.2 Å². The summed E-state index contributed by atoms with van der Waals surface area (Å²) in [5.41, 5.74) is 4.10. The van der Waals surface area contributed by atoms with Gasteiger partial charge in [0, 0.05) is 48.7 Å². The summed E-state index contributed by atoms with van der Waals surface area (Å²) in [5.74, 6) is 0.402. The molecule has 1 aromatic carbocycles. The van der Waals surface area contributed by atoms with Gasteiger partial charge in [-0.05, 0) is 37.1 Å². The second-order valence-electron chi connectivity index (χ2n) is 8.43. The van der Waals surface area contributed by atoms with E-state index in [4.69, 9.17) is 27.9 Å². The van der Waals surface area contributed by atoms with Crippen molar-refractivity contribution in [1.29, 1.82) is 0 Å². The van der Waals surface area contributed by atoms with Gasteiger partial charge in [0.25, 0.3) is 5.56 Å².